The number of aryl methyl sites for hydroxylation is 2. The minimum Gasteiger partial charge on any atom is -0.491 e. The van der Waals surface area contributed by atoms with Gasteiger partial charge in [-0.2, -0.15) is 0 Å². The molecule has 0 aliphatic rings. The standard InChI is InChI=1S/C23H29N3O3/c1-4-14-25-20-7-5-6-8-21(20)26(23(25)28)15-13-22(27)24-16-18-9-11-19(12-10-18)29-17(2)3/h5-12,17H,4,13-16H2,1-3H3,(H,24,27). The Kier molecular flexibility index (Phi) is 6.75. The average Bonchev–Trinajstić information content (AvgIpc) is 2.97. The van der Waals surface area contributed by atoms with Gasteiger partial charge in [0.1, 0.15) is 5.75 Å². The van der Waals surface area contributed by atoms with Gasteiger partial charge in [0.15, 0.2) is 0 Å². The molecule has 0 spiro atoms. The van der Waals surface area contributed by atoms with E-state index in [4.69, 9.17) is 4.74 Å². The number of nitrogens with one attached hydrogen (secondary N) is 1. The molecule has 0 saturated carbocycles. The first-order chi connectivity index (χ1) is 14.0. The van der Waals surface area contributed by atoms with Crippen molar-refractivity contribution >= 4 is 16.9 Å². The van der Waals surface area contributed by atoms with Crippen LogP contribution in [-0.4, -0.2) is 21.1 Å². The molecule has 154 valence electrons. The number of para-hydroxylation sites is 2. The Labute approximate surface area is 171 Å². The third kappa shape index (κ3) is 5.08. The van der Waals surface area contributed by atoms with Gasteiger partial charge < -0.3 is 10.1 Å². The number of carbonyl (C=O) groups is 1. The second-order valence-electron chi connectivity index (χ2n) is 7.41. The molecular weight excluding hydrogens is 366 g/mol. The number of rotatable bonds is 9. The Bertz CT molecular complexity index is 1020. The average molecular weight is 396 g/mol. The van der Waals surface area contributed by atoms with E-state index in [1.165, 1.54) is 0 Å². The number of nitrogens with zero attached hydrogens (tertiary/aromatic N) is 2. The van der Waals surface area contributed by atoms with E-state index in [-0.39, 0.29) is 24.1 Å². The van der Waals surface area contributed by atoms with E-state index >= 15 is 0 Å². The lowest BCUT2D eigenvalue weighted by Crippen LogP contribution is -2.28. The third-order valence-electron chi connectivity index (χ3n) is 4.72. The zero-order chi connectivity index (χ0) is 20.8. The van der Waals surface area contributed by atoms with Crippen LogP contribution in [0.4, 0.5) is 0 Å². The Morgan fingerprint density at radius 3 is 2.21 bits per heavy atom. The van der Waals surface area contributed by atoms with Gasteiger partial charge in [0, 0.05) is 26.1 Å². The topological polar surface area (TPSA) is 65.3 Å². The molecule has 0 unspecified atom stereocenters. The summed E-state index contributed by atoms with van der Waals surface area (Å²) in [7, 11) is 0. The molecule has 2 aromatic carbocycles. The van der Waals surface area contributed by atoms with Gasteiger partial charge in [-0.05, 0) is 50.1 Å². The van der Waals surface area contributed by atoms with Gasteiger partial charge >= 0.3 is 5.69 Å². The summed E-state index contributed by atoms with van der Waals surface area (Å²) in [6.45, 7) is 7.51. The number of carbonyl (C=O) groups excluding carboxylic acids is 1. The monoisotopic (exact) mass is 395 g/mol. The minimum atomic E-state index is -0.0771. The molecule has 0 aliphatic carbocycles. The smallest absolute Gasteiger partial charge is 0.329 e. The second kappa shape index (κ2) is 9.45. The van der Waals surface area contributed by atoms with E-state index in [0.29, 0.717) is 19.6 Å². The molecule has 29 heavy (non-hydrogen) atoms. The SMILES string of the molecule is CCCn1c(=O)n(CCC(=O)NCc2ccc(OC(C)C)cc2)c2ccccc21. The van der Waals surface area contributed by atoms with Crippen LogP contribution in [0.1, 0.15) is 39.2 Å². The molecule has 0 radical (unpaired) electrons. The number of fused-ring (bicyclic) bond motifs is 1. The largest absolute Gasteiger partial charge is 0.491 e. The maximum absolute atomic E-state index is 12.8. The Morgan fingerprint density at radius 1 is 1.00 bits per heavy atom. The number of aromatic nitrogens is 2. The van der Waals surface area contributed by atoms with E-state index < -0.39 is 0 Å². The van der Waals surface area contributed by atoms with Crippen LogP contribution in [0, 0.1) is 0 Å². The highest BCUT2D eigenvalue weighted by Crippen LogP contribution is 2.15. The maximum atomic E-state index is 12.8. The first-order valence-corrected chi connectivity index (χ1v) is 10.2. The Morgan fingerprint density at radius 2 is 1.62 bits per heavy atom. The van der Waals surface area contributed by atoms with Crippen LogP contribution in [0.5, 0.6) is 5.75 Å². The van der Waals surface area contributed by atoms with Crippen molar-refractivity contribution in [1.82, 2.24) is 14.5 Å². The van der Waals surface area contributed by atoms with Crippen LogP contribution in [0.25, 0.3) is 11.0 Å². The van der Waals surface area contributed by atoms with Gasteiger partial charge in [0.05, 0.1) is 17.1 Å². The van der Waals surface area contributed by atoms with Gasteiger partial charge in [-0.3, -0.25) is 13.9 Å². The van der Waals surface area contributed by atoms with Crippen LogP contribution in [-0.2, 0) is 24.4 Å². The van der Waals surface area contributed by atoms with Crippen molar-refractivity contribution in [2.24, 2.45) is 0 Å². The Balaban J connectivity index is 1.60. The molecule has 6 heteroatoms. The van der Waals surface area contributed by atoms with E-state index in [1.807, 2.05) is 69.3 Å². The molecule has 0 aliphatic heterocycles. The summed E-state index contributed by atoms with van der Waals surface area (Å²) in [5, 5.41) is 2.93. The number of benzene rings is 2. The summed E-state index contributed by atoms with van der Waals surface area (Å²) < 4.78 is 9.11. The molecule has 3 aromatic rings. The van der Waals surface area contributed by atoms with Crippen molar-refractivity contribution in [3.63, 3.8) is 0 Å². The number of amides is 1. The summed E-state index contributed by atoms with van der Waals surface area (Å²) in [5.74, 6) is 0.740. The van der Waals surface area contributed by atoms with Gasteiger partial charge in [0.2, 0.25) is 5.91 Å². The van der Waals surface area contributed by atoms with Crippen molar-refractivity contribution < 1.29 is 9.53 Å². The maximum Gasteiger partial charge on any atom is 0.329 e. The number of ether oxygens (including phenoxy) is 1. The first kappa shape index (κ1) is 20.7. The molecule has 1 heterocycles. The fourth-order valence-electron chi connectivity index (χ4n) is 3.39. The van der Waals surface area contributed by atoms with Crippen molar-refractivity contribution in [3.8, 4) is 5.75 Å². The summed E-state index contributed by atoms with van der Waals surface area (Å²) in [6, 6.07) is 15.4. The van der Waals surface area contributed by atoms with Crippen molar-refractivity contribution in [1.29, 1.82) is 0 Å². The predicted molar refractivity (Wildman–Crippen MR) is 115 cm³/mol. The molecule has 1 aromatic heterocycles. The van der Waals surface area contributed by atoms with Crippen LogP contribution in [0.2, 0.25) is 0 Å². The van der Waals surface area contributed by atoms with E-state index in [2.05, 4.69) is 5.32 Å². The zero-order valence-corrected chi connectivity index (χ0v) is 17.4. The molecule has 1 N–H and O–H groups in total. The highest BCUT2D eigenvalue weighted by molar-refractivity contribution is 5.78. The molecule has 0 bridgehead atoms. The predicted octanol–water partition coefficient (Wildman–Crippen LogP) is 3.71. The summed E-state index contributed by atoms with van der Waals surface area (Å²) in [5.41, 5.74) is 2.75. The minimum absolute atomic E-state index is 0.0541. The molecule has 0 fully saturated rings. The molecule has 0 atom stereocenters. The van der Waals surface area contributed by atoms with Crippen molar-refractivity contribution in [2.75, 3.05) is 0 Å². The van der Waals surface area contributed by atoms with E-state index in [1.54, 1.807) is 9.13 Å². The van der Waals surface area contributed by atoms with E-state index in [9.17, 15) is 9.59 Å². The summed E-state index contributed by atoms with van der Waals surface area (Å²) in [6.07, 6.45) is 1.27. The number of hydrogen-bond donors (Lipinski definition) is 1. The van der Waals surface area contributed by atoms with Crippen LogP contribution in [0.3, 0.4) is 0 Å². The normalized spacial score (nSPS) is 11.2. The number of imidazole rings is 1. The summed E-state index contributed by atoms with van der Waals surface area (Å²) in [4.78, 5) is 25.1. The second-order valence-corrected chi connectivity index (χ2v) is 7.41. The van der Waals surface area contributed by atoms with Gasteiger partial charge in [-0.1, -0.05) is 31.2 Å². The molecule has 0 saturated heterocycles. The molecule has 3 rings (SSSR count). The zero-order valence-electron chi connectivity index (χ0n) is 17.4. The quantitative estimate of drug-likeness (QED) is 0.601. The summed E-state index contributed by atoms with van der Waals surface area (Å²) >= 11 is 0. The lowest BCUT2D eigenvalue weighted by atomic mass is 10.2. The fraction of sp³-hybridized carbons (Fsp3) is 0.391. The van der Waals surface area contributed by atoms with Crippen LogP contribution < -0.4 is 15.7 Å². The van der Waals surface area contributed by atoms with Crippen LogP contribution >= 0.6 is 0 Å². The lowest BCUT2D eigenvalue weighted by Gasteiger charge is -2.10. The lowest BCUT2D eigenvalue weighted by molar-refractivity contribution is -0.121. The van der Waals surface area contributed by atoms with Gasteiger partial charge in [-0.15, -0.1) is 0 Å². The first-order valence-electron chi connectivity index (χ1n) is 10.2. The highest BCUT2D eigenvalue weighted by Gasteiger charge is 2.13. The fourth-order valence-corrected chi connectivity index (χ4v) is 3.39. The molecular formula is C23H29N3O3. The van der Waals surface area contributed by atoms with Gasteiger partial charge in [0.25, 0.3) is 0 Å². The molecule has 1 amide bonds. The highest BCUT2D eigenvalue weighted by atomic mass is 16.5. The van der Waals surface area contributed by atoms with E-state index in [0.717, 1.165) is 28.8 Å². The van der Waals surface area contributed by atoms with Crippen LogP contribution in [0.15, 0.2) is 53.3 Å². The van der Waals surface area contributed by atoms with Crippen molar-refractivity contribution in [3.05, 3.63) is 64.6 Å². The number of hydrogen-bond acceptors (Lipinski definition) is 3. The molecule has 6 nitrogen and oxygen atoms in total. The third-order valence-corrected chi connectivity index (χ3v) is 4.72. The Hall–Kier alpha value is -3.02. The van der Waals surface area contributed by atoms with Crippen molar-refractivity contribution in [2.45, 2.75) is 59.4 Å². The van der Waals surface area contributed by atoms with Gasteiger partial charge in [-0.25, -0.2) is 4.79 Å².